The number of hydrogen-bond acceptors (Lipinski definition) is 5. The lowest BCUT2D eigenvalue weighted by molar-refractivity contribution is -0.154. The highest BCUT2D eigenvalue weighted by Crippen LogP contribution is 2.30. The van der Waals surface area contributed by atoms with Gasteiger partial charge in [-0.25, -0.2) is 9.59 Å². The molecular weight excluding hydrogens is 200 g/mol. The molecule has 15 heavy (non-hydrogen) atoms. The normalized spacial score (nSPS) is 23.6. The van der Waals surface area contributed by atoms with Gasteiger partial charge in [0.2, 0.25) is 12.0 Å². The first-order valence-electron chi connectivity index (χ1n) is 4.52. The molecule has 1 atom stereocenters. The second-order valence-electron chi connectivity index (χ2n) is 4.25. The highest BCUT2D eigenvalue weighted by atomic mass is 16.7. The van der Waals surface area contributed by atoms with Crippen molar-refractivity contribution in [2.45, 2.75) is 27.1 Å². The molecule has 1 rings (SSSR count). The van der Waals surface area contributed by atoms with Crippen LogP contribution < -0.4 is 0 Å². The summed E-state index contributed by atoms with van der Waals surface area (Å²) in [4.78, 5) is 22.1. The summed E-state index contributed by atoms with van der Waals surface area (Å²) < 4.78 is 14.5. The predicted octanol–water partition coefficient (Wildman–Crippen LogP) is 0.989. The Morgan fingerprint density at radius 3 is 2.40 bits per heavy atom. The Labute approximate surface area is 88.0 Å². The Balaban J connectivity index is 2.77. The second-order valence-corrected chi connectivity index (χ2v) is 4.25. The predicted molar refractivity (Wildman–Crippen MR) is 50.5 cm³/mol. The van der Waals surface area contributed by atoms with Gasteiger partial charge in [-0.15, -0.1) is 0 Å². The van der Waals surface area contributed by atoms with E-state index in [0.717, 1.165) is 6.08 Å². The Bertz CT molecular complexity index is 310. The monoisotopic (exact) mass is 214 g/mol. The van der Waals surface area contributed by atoms with Crippen molar-refractivity contribution in [1.82, 2.24) is 0 Å². The van der Waals surface area contributed by atoms with Gasteiger partial charge in [0, 0.05) is 5.41 Å². The fraction of sp³-hybridized carbons (Fsp3) is 0.600. The van der Waals surface area contributed by atoms with E-state index in [2.05, 4.69) is 4.74 Å². The zero-order chi connectivity index (χ0) is 11.6. The lowest BCUT2D eigenvalue weighted by Gasteiger charge is -2.23. The third kappa shape index (κ3) is 2.71. The van der Waals surface area contributed by atoms with Crippen LogP contribution in [0, 0.1) is 5.41 Å². The molecule has 1 fully saturated rings. The molecule has 0 N–H and O–H groups in total. The number of methoxy groups -OCH3 is 1. The van der Waals surface area contributed by atoms with Gasteiger partial charge < -0.3 is 14.2 Å². The van der Waals surface area contributed by atoms with Crippen molar-refractivity contribution < 1.29 is 23.8 Å². The second kappa shape index (κ2) is 3.92. The van der Waals surface area contributed by atoms with Gasteiger partial charge >= 0.3 is 11.9 Å². The molecule has 5 heteroatoms. The topological polar surface area (TPSA) is 61.8 Å². The molecule has 0 radical (unpaired) electrons. The van der Waals surface area contributed by atoms with Crippen molar-refractivity contribution in [2.75, 3.05) is 7.11 Å². The standard InChI is InChI=1S/C10H14O5/c1-10(2,3)9-14-6(8(12)15-9)5-7(11)13-4/h5,9H,1-4H3/b6-5-/t9-/m0/s1. The highest BCUT2D eigenvalue weighted by Gasteiger charge is 2.39. The summed E-state index contributed by atoms with van der Waals surface area (Å²) in [7, 11) is 1.22. The number of rotatable bonds is 1. The molecule has 0 saturated carbocycles. The van der Waals surface area contributed by atoms with E-state index >= 15 is 0 Å². The van der Waals surface area contributed by atoms with Gasteiger partial charge in [-0.1, -0.05) is 20.8 Å². The van der Waals surface area contributed by atoms with Crippen molar-refractivity contribution in [2.24, 2.45) is 5.41 Å². The molecule has 0 amide bonds. The van der Waals surface area contributed by atoms with Crippen LogP contribution in [0.1, 0.15) is 20.8 Å². The van der Waals surface area contributed by atoms with Gasteiger partial charge in [0.25, 0.3) is 0 Å². The van der Waals surface area contributed by atoms with Crippen LogP contribution in [0.2, 0.25) is 0 Å². The highest BCUT2D eigenvalue weighted by molar-refractivity contribution is 5.95. The van der Waals surface area contributed by atoms with Crippen LogP contribution in [0.4, 0.5) is 0 Å². The SMILES string of the molecule is COC(=O)/C=C1\O[C@H](C(C)(C)C)OC1=O. The first-order valence-corrected chi connectivity index (χ1v) is 4.52. The minimum atomic E-state index is -0.666. The van der Waals surface area contributed by atoms with E-state index in [1.54, 1.807) is 0 Å². The largest absolute Gasteiger partial charge is 0.466 e. The number of cyclic esters (lactones) is 1. The lowest BCUT2D eigenvalue weighted by Crippen LogP contribution is -2.26. The smallest absolute Gasteiger partial charge is 0.377 e. The molecule has 0 aliphatic carbocycles. The maximum Gasteiger partial charge on any atom is 0.377 e. The zero-order valence-electron chi connectivity index (χ0n) is 9.20. The minimum Gasteiger partial charge on any atom is -0.466 e. The molecule has 0 aromatic heterocycles. The average molecular weight is 214 g/mol. The van der Waals surface area contributed by atoms with E-state index in [9.17, 15) is 9.59 Å². The lowest BCUT2D eigenvalue weighted by atomic mass is 9.96. The fourth-order valence-electron chi connectivity index (χ4n) is 0.955. The molecule has 0 unspecified atom stereocenters. The Kier molecular flexibility index (Phi) is 3.02. The molecular formula is C10H14O5. The summed E-state index contributed by atoms with van der Waals surface area (Å²) in [5.41, 5.74) is -0.332. The summed E-state index contributed by atoms with van der Waals surface area (Å²) in [6, 6.07) is 0. The van der Waals surface area contributed by atoms with E-state index < -0.39 is 18.2 Å². The summed E-state index contributed by atoms with van der Waals surface area (Å²) in [5.74, 6) is -1.39. The van der Waals surface area contributed by atoms with Crippen LogP contribution in [-0.4, -0.2) is 25.3 Å². The molecule has 1 aliphatic rings. The van der Waals surface area contributed by atoms with Gasteiger partial charge in [-0.3, -0.25) is 0 Å². The summed E-state index contributed by atoms with van der Waals surface area (Å²) in [6.07, 6.45) is 0.314. The fourth-order valence-corrected chi connectivity index (χ4v) is 0.955. The van der Waals surface area contributed by atoms with Crippen molar-refractivity contribution in [3.63, 3.8) is 0 Å². The third-order valence-corrected chi connectivity index (χ3v) is 1.81. The molecule has 5 nitrogen and oxygen atoms in total. The number of esters is 2. The van der Waals surface area contributed by atoms with Crippen LogP contribution >= 0.6 is 0 Å². The molecule has 1 saturated heterocycles. The molecule has 84 valence electrons. The van der Waals surface area contributed by atoms with Crippen molar-refractivity contribution in [1.29, 1.82) is 0 Å². The van der Waals surface area contributed by atoms with Gasteiger partial charge in [0.1, 0.15) is 0 Å². The van der Waals surface area contributed by atoms with Crippen LogP contribution in [0.5, 0.6) is 0 Å². The van der Waals surface area contributed by atoms with Crippen LogP contribution in [-0.2, 0) is 23.8 Å². The van der Waals surface area contributed by atoms with Gasteiger partial charge in [-0.05, 0) is 0 Å². The molecule has 0 aromatic carbocycles. The van der Waals surface area contributed by atoms with Gasteiger partial charge in [0.15, 0.2) is 0 Å². The van der Waals surface area contributed by atoms with E-state index in [-0.39, 0.29) is 11.2 Å². The molecule has 0 aromatic rings. The molecule has 0 spiro atoms. The van der Waals surface area contributed by atoms with Crippen LogP contribution in [0.3, 0.4) is 0 Å². The summed E-state index contributed by atoms with van der Waals surface area (Å²) >= 11 is 0. The van der Waals surface area contributed by atoms with Gasteiger partial charge in [-0.2, -0.15) is 0 Å². The number of ether oxygens (including phenoxy) is 3. The van der Waals surface area contributed by atoms with Gasteiger partial charge in [0.05, 0.1) is 13.2 Å². The van der Waals surface area contributed by atoms with E-state index in [4.69, 9.17) is 9.47 Å². The summed E-state index contributed by atoms with van der Waals surface area (Å²) in [5, 5.41) is 0. The van der Waals surface area contributed by atoms with E-state index in [0.29, 0.717) is 0 Å². The van der Waals surface area contributed by atoms with Crippen LogP contribution in [0.25, 0.3) is 0 Å². The number of hydrogen-bond donors (Lipinski definition) is 0. The number of carbonyl (C=O) groups is 2. The zero-order valence-corrected chi connectivity index (χ0v) is 9.20. The average Bonchev–Trinajstić information content (AvgIpc) is 2.47. The molecule has 1 heterocycles. The third-order valence-electron chi connectivity index (χ3n) is 1.81. The minimum absolute atomic E-state index is 0.109. The Hall–Kier alpha value is -1.52. The summed E-state index contributed by atoms with van der Waals surface area (Å²) in [6.45, 7) is 5.60. The Morgan fingerprint density at radius 1 is 1.40 bits per heavy atom. The van der Waals surface area contributed by atoms with Crippen molar-refractivity contribution in [3.05, 3.63) is 11.8 Å². The van der Waals surface area contributed by atoms with E-state index in [1.807, 2.05) is 20.8 Å². The first-order chi connectivity index (χ1) is 6.84. The maximum absolute atomic E-state index is 11.3. The molecule has 1 aliphatic heterocycles. The Morgan fingerprint density at radius 2 is 2.00 bits per heavy atom. The molecule has 0 bridgehead atoms. The quantitative estimate of drug-likeness (QED) is 0.481. The van der Waals surface area contributed by atoms with Crippen LogP contribution in [0.15, 0.2) is 11.8 Å². The first kappa shape index (κ1) is 11.6. The number of carbonyl (C=O) groups excluding carboxylic acids is 2. The maximum atomic E-state index is 11.3. The van der Waals surface area contributed by atoms with Crippen molar-refractivity contribution >= 4 is 11.9 Å². The van der Waals surface area contributed by atoms with E-state index in [1.165, 1.54) is 7.11 Å². The van der Waals surface area contributed by atoms with Crippen molar-refractivity contribution in [3.8, 4) is 0 Å².